The maximum Gasteiger partial charge on any atom is 0.327 e. The molecular formula is C28H26N6O3S. The van der Waals surface area contributed by atoms with Crippen LogP contribution in [0.25, 0.3) is 11.1 Å². The molecule has 9 nitrogen and oxygen atoms in total. The molecule has 1 aromatic carbocycles. The summed E-state index contributed by atoms with van der Waals surface area (Å²) in [5.74, 6) is -0.437. The monoisotopic (exact) mass is 526 g/mol. The molecule has 4 heterocycles. The summed E-state index contributed by atoms with van der Waals surface area (Å²) >= 11 is 1.35. The number of aromatic nitrogens is 2. The maximum atomic E-state index is 13.5. The molecule has 1 saturated carbocycles. The zero-order valence-corrected chi connectivity index (χ0v) is 21.3. The van der Waals surface area contributed by atoms with Crippen LogP contribution < -0.4 is 20.9 Å². The third-order valence-corrected chi connectivity index (χ3v) is 8.50. The van der Waals surface area contributed by atoms with Crippen molar-refractivity contribution in [1.29, 1.82) is 0 Å². The van der Waals surface area contributed by atoms with Crippen LogP contribution in [0.4, 0.5) is 16.2 Å². The molecule has 1 fully saturated rings. The Balaban J connectivity index is 1.27. The second-order valence-corrected chi connectivity index (χ2v) is 10.6. The summed E-state index contributed by atoms with van der Waals surface area (Å²) in [5.41, 5.74) is 4.03. The Hall–Kier alpha value is -4.18. The number of carbonyl (C=O) groups is 3. The molecule has 10 heteroatoms. The van der Waals surface area contributed by atoms with E-state index in [0.29, 0.717) is 16.4 Å². The van der Waals surface area contributed by atoms with Gasteiger partial charge in [-0.05, 0) is 43.0 Å². The van der Waals surface area contributed by atoms with Crippen molar-refractivity contribution in [2.24, 2.45) is 0 Å². The summed E-state index contributed by atoms with van der Waals surface area (Å²) in [6.45, 7) is 3.51. The largest absolute Gasteiger partial charge is 0.350 e. The summed E-state index contributed by atoms with van der Waals surface area (Å²) < 4.78 is 0. The van der Waals surface area contributed by atoms with Gasteiger partial charge in [0.15, 0.2) is 0 Å². The van der Waals surface area contributed by atoms with Gasteiger partial charge in [-0.1, -0.05) is 48.7 Å². The summed E-state index contributed by atoms with van der Waals surface area (Å²) in [4.78, 5) is 49.3. The predicted octanol–water partition coefficient (Wildman–Crippen LogP) is 3.86. The lowest BCUT2D eigenvalue weighted by Gasteiger charge is -2.34. The molecule has 3 aliphatic rings. The number of rotatable bonds is 6. The van der Waals surface area contributed by atoms with Crippen molar-refractivity contribution < 1.29 is 14.4 Å². The molecule has 2 aliphatic heterocycles. The molecule has 2 unspecified atom stereocenters. The molecule has 0 saturated heterocycles. The highest BCUT2D eigenvalue weighted by atomic mass is 32.2. The Labute approximate surface area is 224 Å². The molecule has 0 bridgehead atoms. The molecule has 3 aromatic rings. The van der Waals surface area contributed by atoms with E-state index in [2.05, 4.69) is 32.5 Å². The third kappa shape index (κ3) is 4.30. The van der Waals surface area contributed by atoms with Gasteiger partial charge in [0.2, 0.25) is 11.8 Å². The molecule has 3 N–H and O–H groups in total. The lowest BCUT2D eigenvalue weighted by molar-refractivity contribution is -0.122. The second-order valence-electron chi connectivity index (χ2n) is 9.51. The van der Waals surface area contributed by atoms with Gasteiger partial charge in [0, 0.05) is 35.6 Å². The van der Waals surface area contributed by atoms with Crippen LogP contribution in [-0.4, -0.2) is 45.1 Å². The Bertz CT molecular complexity index is 1430. The number of benzene rings is 1. The number of hydrogen-bond donors (Lipinski definition) is 3. The van der Waals surface area contributed by atoms with E-state index in [4.69, 9.17) is 0 Å². The Morgan fingerprint density at radius 3 is 2.66 bits per heavy atom. The van der Waals surface area contributed by atoms with E-state index in [0.717, 1.165) is 36.0 Å². The first kappa shape index (κ1) is 24.2. The molecule has 0 radical (unpaired) electrons. The first-order valence-corrected chi connectivity index (χ1v) is 13.4. The van der Waals surface area contributed by atoms with Gasteiger partial charge in [0.25, 0.3) is 0 Å². The Kier molecular flexibility index (Phi) is 6.32. The summed E-state index contributed by atoms with van der Waals surface area (Å²) in [6, 6.07) is 12.4. The van der Waals surface area contributed by atoms with Crippen LogP contribution in [0.1, 0.15) is 30.9 Å². The van der Waals surface area contributed by atoms with Crippen LogP contribution in [0.5, 0.6) is 0 Å². The number of urea groups is 1. The summed E-state index contributed by atoms with van der Waals surface area (Å²) in [6.07, 6.45) is 8.80. The van der Waals surface area contributed by atoms with Gasteiger partial charge >= 0.3 is 6.03 Å². The molecular weight excluding hydrogens is 500 g/mol. The highest BCUT2D eigenvalue weighted by Gasteiger charge is 2.47. The number of nitrogens with zero attached hydrogens (tertiary/aromatic N) is 3. The second kappa shape index (κ2) is 9.94. The van der Waals surface area contributed by atoms with Gasteiger partial charge in [0.1, 0.15) is 10.3 Å². The number of pyridine rings is 2. The average Bonchev–Trinajstić information content (AvgIpc) is 3.54. The molecule has 1 aliphatic carbocycles. The van der Waals surface area contributed by atoms with Crippen molar-refractivity contribution in [1.82, 2.24) is 25.9 Å². The zero-order valence-electron chi connectivity index (χ0n) is 20.5. The highest BCUT2D eigenvalue weighted by molar-refractivity contribution is 8.01. The van der Waals surface area contributed by atoms with Crippen LogP contribution >= 0.6 is 11.8 Å². The lowest BCUT2D eigenvalue weighted by atomic mass is 9.99. The minimum atomic E-state index is -0.574. The standard InChI is InChI=1S/C28H26N6O3S/c1-2-22(35)31-19-9-6-10-20(19)32-26(36)25-24-23-21(11-12-30-27(23)38-25)34(28(37)33-24)18-13-17(14-29-15-18)16-7-4-3-5-8-16/h2-5,7-8,11-15,19-20,24-25H,1,6,9-10H2,(H,31,35)(H,32,36)(H,33,37)/t19-,20+,24?,25?/m0/s1. The maximum absolute atomic E-state index is 13.5. The molecule has 38 heavy (non-hydrogen) atoms. The number of nitrogens with one attached hydrogen (secondary N) is 3. The van der Waals surface area contributed by atoms with Crippen molar-refractivity contribution in [3.8, 4) is 11.1 Å². The zero-order chi connectivity index (χ0) is 26.2. The van der Waals surface area contributed by atoms with Crippen LogP contribution in [0.15, 0.2) is 78.7 Å². The SMILES string of the molecule is C=CC(=O)N[C@H]1CCC[C@H]1NC(=O)C1Sc2nccc3c2C1NC(=O)N3c1cncc(-c2ccccc2)c1. The predicted molar refractivity (Wildman–Crippen MR) is 145 cm³/mol. The Morgan fingerprint density at radius 1 is 1.08 bits per heavy atom. The van der Waals surface area contributed by atoms with E-state index < -0.39 is 11.3 Å². The van der Waals surface area contributed by atoms with Gasteiger partial charge in [-0.3, -0.25) is 19.5 Å². The third-order valence-electron chi connectivity index (χ3n) is 7.21. The fourth-order valence-electron chi connectivity index (χ4n) is 5.43. The van der Waals surface area contributed by atoms with E-state index in [1.54, 1.807) is 29.6 Å². The topological polar surface area (TPSA) is 116 Å². The molecule has 4 atom stereocenters. The molecule has 0 spiro atoms. The van der Waals surface area contributed by atoms with E-state index in [-0.39, 0.29) is 29.9 Å². The van der Waals surface area contributed by atoms with E-state index in [1.807, 2.05) is 36.4 Å². The minimum Gasteiger partial charge on any atom is -0.350 e. The molecule has 192 valence electrons. The van der Waals surface area contributed by atoms with Gasteiger partial charge in [-0.2, -0.15) is 0 Å². The van der Waals surface area contributed by atoms with Crippen LogP contribution in [0, 0.1) is 0 Å². The smallest absolute Gasteiger partial charge is 0.327 e. The van der Waals surface area contributed by atoms with Crippen molar-refractivity contribution in [3.05, 3.63) is 79.3 Å². The van der Waals surface area contributed by atoms with Crippen LogP contribution in [0.2, 0.25) is 0 Å². The van der Waals surface area contributed by atoms with E-state index in [9.17, 15) is 14.4 Å². The molecule has 4 amide bonds. The number of hydrogen-bond acceptors (Lipinski definition) is 6. The van der Waals surface area contributed by atoms with Crippen molar-refractivity contribution >= 4 is 41.0 Å². The molecule has 2 aromatic heterocycles. The average molecular weight is 527 g/mol. The quantitative estimate of drug-likeness (QED) is 0.420. The fraction of sp³-hybridized carbons (Fsp3) is 0.250. The van der Waals surface area contributed by atoms with Crippen LogP contribution in [0.3, 0.4) is 0 Å². The van der Waals surface area contributed by atoms with E-state index in [1.165, 1.54) is 17.8 Å². The number of amides is 4. The highest BCUT2D eigenvalue weighted by Crippen LogP contribution is 2.50. The van der Waals surface area contributed by atoms with Gasteiger partial charge in [-0.15, -0.1) is 0 Å². The fourth-order valence-corrected chi connectivity index (χ4v) is 6.67. The number of anilines is 2. The lowest BCUT2D eigenvalue weighted by Crippen LogP contribution is -2.53. The van der Waals surface area contributed by atoms with Crippen LogP contribution in [-0.2, 0) is 9.59 Å². The van der Waals surface area contributed by atoms with E-state index >= 15 is 0 Å². The summed E-state index contributed by atoms with van der Waals surface area (Å²) in [7, 11) is 0. The van der Waals surface area contributed by atoms with Gasteiger partial charge in [-0.25, -0.2) is 9.78 Å². The number of carbonyl (C=O) groups excluding carboxylic acids is 3. The molecule has 6 rings (SSSR count). The van der Waals surface area contributed by atoms with Crippen molar-refractivity contribution in [2.45, 2.75) is 47.7 Å². The Morgan fingerprint density at radius 2 is 1.87 bits per heavy atom. The summed E-state index contributed by atoms with van der Waals surface area (Å²) in [5, 5.41) is 9.21. The van der Waals surface area contributed by atoms with Gasteiger partial charge in [0.05, 0.1) is 23.6 Å². The number of thioether (sulfide) groups is 1. The van der Waals surface area contributed by atoms with Gasteiger partial charge < -0.3 is 16.0 Å². The van der Waals surface area contributed by atoms with Crippen molar-refractivity contribution in [2.75, 3.05) is 4.90 Å². The normalized spacial score (nSPS) is 23.4. The minimum absolute atomic E-state index is 0.146. The van der Waals surface area contributed by atoms with Crippen molar-refractivity contribution in [3.63, 3.8) is 0 Å². The first-order valence-electron chi connectivity index (χ1n) is 12.5. The first-order chi connectivity index (χ1) is 18.5.